The summed E-state index contributed by atoms with van der Waals surface area (Å²) in [5.74, 6) is -0.887. The lowest BCUT2D eigenvalue weighted by Gasteiger charge is -2.07. The minimum atomic E-state index is -1.09. The minimum absolute atomic E-state index is 0.0278. The lowest BCUT2D eigenvalue weighted by atomic mass is 10.4. The summed E-state index contributed by atoms with van der Waals surface area (Å²) in [5.41, 5.74) is -0.0278. The van der Waals surface area contributed by atoms with Gasteiger partial charge in [-0.1, -0.05) is 0 Å². The van der Waals surface area contributed by atoms with Gasteiger partial charge < -0.3 is 21.1 Å². The molecule has 1 saturated carbocycles. The number of thiazole rings is 1. The van der Waals surface area contributed by atoms with Crippen molar-refractivity contribution >= 4 is 29.2 Å². The van der Waals surface area contributed by atoms with Crippen molar-refractivity contribution in [2.45, 2.75) is 19.4 Å². The molecule has 0 saturated heterocycles. The normalized spacial score (nSPS) is 13.5. The Morgan fingerprint density at radius 3 is 2.57 bits per heavy atom. The van der Waals surface area contributed by atoms with E-state index in [1.54, 1.807) is 0 Å². The average Bonchev–Trinajstić information content (AvgIpc) is 3.19. The Morgan fingerprint density at radius 2 is 1.95 bits per heavy atom. The van der Waals surface area contributed by atoms with E-state index in [0.29, 0.717) is 18.1 Å². The van der Waals surface area contributed by atoms with Crippen molar-refractivity contribution in [2.24, 2.45) is 5.92 Å². The number of aromatic nitrogens is 1. The Labute approximate surface area is 124 Å². The number of hydrogen-bond acceptors (Lipinski definition) is 5. The van der Waals surface area contributed by atoms with E-state index >= 15 is 0 Å². The number of urea groups is 1. The summed E-state index contributed by atoms with van der Waals surface area (Å²) in [5, 5.41) is 18.5. The van der Waals surface area contributed by atoms with Crippen LogP contribution in [0.25, 0.3) is 0 Å². The van der Waals surface area contributed by atoms with E-state index < -0.39 is 5.97 Å². The highest BCUT2D eigenvalue weighted by Crippen LogP contribution is 2.28. The van der Waals surface area contributed by atoms with Gasteiger partial charge >= 0.3 is 12.0 Å². The van der Waals surface area contributed by atoms with Gasteiger partial charge in [-0.15, -0.1) is 11.3 Å². The van der Waals surface area contributed by atoms with Gasteiger partial charge in [-0.3, -0.25) is 4.79 Å². The zero-order valence-corrected chi connectivity index (χ0v) is 12.0. The summed E-state index contributed by atoms with van der Waals surface area (Å²) >= 11 is 1.17. The molecule has 0 aliphatic heterocycles. The van der Waals surface area contributed by atoms with Crippen molar-refractivity contribution < 1.29 is 19.5 Å². The van der Waals surface area contributed by atoms with Gasteiger partial charge in [0, 0.05) is 24.4 Å². The maximum absolute atomic E-state index is 11.5. The number of hydrogen-bond donors (Lipinski definition) is 4. The second-order valence-corrected chi connectivity index (χ2v) is 5.55. The highest BCUT2D eigenvalue weighted by Gasteiger charge is 2.28. The first kappa shape index (κ1) is 15.2. The first-order chi connectivity index (χ1) is 10.1. The zero-order valence-electron chi connectivity index (χ0n) is 11.2. The number of rotatable bonds is 7. The number of nitrogens with zero attached hydrogens (tertiary/aromatic N) is 1. The third-order valence-electron chi connectivity index (χ3n) is 2.83. The van der Waals surface area contributed by atoms with Crippen molar-refractivity contribution in [3.63, 3.8) is 0 Å². The monoisotopic (exact) mass is 312 g/mol. The van der Waals surface area contributed by atoms with Gasteiger partial charge in [-0.25, -0.2) is 14.6 Å². The molecule has 4 N–H and O–H groups in total. The maximum Gasteiger partial charge on any atom is 0.355 e. The van der Waals surface area contributed by atoms with Crippen LogP contribution in [-0.4, -0.2) is 41.1 Å². The van der Waals surface area contributed by atoms with E-state index in [1.807, 2.05) is 0 Å². The zero-order chi connectivity index (χ0) is 15.2. The molecule has 9 heteroatoms. The second-order valence-electron chi connectivity index (χ2n) is 4.61. The Balaban J connectivity index is 1.58. The number of carboxylic acids is 1. The summed E-state index contributed by atoms with van der Waals surface area (Å²) in [7, 11) is 0. The molecule has 0 unspecified atom stereocenters. The van der Waals surface area contributed by atoms with E-state index in [2.05, 4.69) is 20.9 Å². The van der Waals surface area contributed by atoms with Crippen LogP contribution in [0.5, 0.6) is 0 Å². The molecule has 0 spiro atoms. The molecule has 1 fully saturated rings. The molecule has 0 radical (unpaired) electrons. The fraction of sp³-hybridized carbons (Fsp3) is 0.500. The largest absolute Gasteiger partial charge is 0.476 e. The number of nitrogens with one attached hydrogen (secondary N) is 3. The van der Waals surface area contributed by atoms with Crippen LogP contribution in [0.15, 0.2) is 5.38 Å². The van der Waals surface area contributed by atoms with E-state index in [4.69, 9.17) is 5.11 Å². The van der Waals surface area contributed by atoms with Gasteiger partial charge in [0.05, 0.1) is 6.54 Å². The average molecular weight is 312 g/mol. The maximum atomic E-state index is 11.5. The van der Waals surface area contributed by atoms with Gasteiger partial charge in [-0.05, 0) is 12.8 Å². The Bertz CT molecular complexity index is 541. The van der Waals surface area contributed by atoms with Crippen LogP contribution in [0, 0.1) is 5.92 Å². The smallest absolute Gasteiger partial charge is 0.355 e. The molecule has 0 bridgehead atoms. The minimum Gasteiger partial charge on any atom is -0.476 e. The molecular formula is C12H16N4O4S. The lowest BCUT2D eigenvalue weighted by Crippen LogP contribution is -2.40. The van der Waals surface area contributed by atoms with Crippen LogP contribution in [0.1, 0.15) is 28.3 Å². The molecule has 114 valence electrons. The highest BCUT2D eigenvalue weighted by molar-refractivity contribution is 7.09. The Morgan fingerprint density at radius 1 is 1.24 bits per heavy atom. The molecule has 1 aromatic heterocycles. The van der Waals surface area contributed by atoms with E-state index in [9.17, 15) is 14.4 Å². The summed E-state index contributed by atoms with van der Waals surface area (Å²) in [6.07, 6.45) is 1.90. The highest BCUT2D eigenvalue weighted by atomic mass is 32.1. The van der Waals surface area contributed by atoms with Crippen molar-refractivity contribution in [2.75, 3.05) is 13.1 Å². The molecule has 1 aliphatic carbocycles. The molecule has 3 amide bonds. The molecule has 8 nitrogen and oxygen atoms in total. The number of aromatic carboxylic acids is 1. The quantitative estimate of drug-likeness (QED) is 0.535. The Kier molecular flexibility index (Phi) is 5.09. The molecule has 0 atom stereocenters. The van der Waals surface area contributed by atoms with Crippen molar-refractivity contribution in [3.05, 3.63) is 16.1 Å². The summed E-state index contributed by atoms with van der Waals surface area (Å²) in [6, 6.07) is -0.386. The third-order valence-corrected chi connectivity index (χ3v) is 3.68. The fourth-order valence-corrected chi connectivity index (χ4v) is 2.27. The fourth-order valence-electron chi connectivity index (χ4n) is 1.56. The number of carbonyl (C=O) groups excluding carboxylic acids is 2. The number of carboxylic acid groups (broad SMARTS) is 1. The van der Waals surface area contributed by atoms with E-state index in [1.165, 1.54) is 16.7 Å². The van der Waals surface area contributed by atoms with Crippen molar-refractivity contribution in [1.82, 2.24) is 20.9 Å². The summed E-state index contributed by atoms with van der Waals surface area (Å²) in [6.45, 7) is 0.893. The molecule has 1 aromatic rings. The van der Waals surface area contributed by atoms with Crippen molar-refractivity contribution in [3.8, 4) is 0 Å². The number of carbonyl (C=O) groups is 3. The van der Waals surface area contributed by atoms with Gasteiger partial charge in [-0.2, -0.15) is 0 Å². The van der Waals surface area contributed by atoms with Crippen LogP contribution < -0.4 is 16.0 Å². The molecule has 2 rings (SSSR count). The standard InChI is InChI=1S/C12H16N4O4S/c17-10(7-1-2-7)13-3-4-14-12(20)15-5-9-16-8(6-21-9)11(18)19/h6-7H,1-5H2,(H,13,17)(H,18,19)(H2,14,15,20). The summed E-state index contributed by atoms with van der Waals surface area (Å²) in [4.78, 5) is 37.3. The van der Waals surface area contributed by atoms with Gasteiger partial charge in [0.15, 0.2) is 5.69 Å². The van der Waals surface area contributed by atoms with Gasteiger partial charge in [0.1, 0.15) is 5.01 Å². The first-order valence-corrected chi connectivity index (χ1v) is 7.41. The number of amides is 3. The van der Waals surface area contributed by atoms with Crippen LogP contribution in [0.2, 0.25) is 0 Å². The molecular weight excluding hydrogens is 296 g/mol. The van der Waals surface area contributed by atoms with Gasteiger partial charge in [0.2, 0.25) is 5.91 Å². The topological polar surface area (TPSA) is 120 Å². The molecule has 21 heavy (non-hydrogen) atoms. The van der Waals surface area contributed by atoms with Crippen molar-refractivity contribution in [1.29, 1.82) is 0 Å². The Hall–Kier alpha value is -2.16. The first-order valence-electron chi connectivity index (χ1n) is 6.53. The SMILES string of the molecule is O=C(NCCNC(=O)C1CC1)NCc1nc(C(=O)O)cs1. The predicted molar refractivity (Wildman–Crippen MR) is 75.0 cm³/mol. The third kappa shape index (κ3) is 5.03. The van der Waals surface area contributed by atoms with E-state index in [0.717, 1.165) is 12.8 Å². The lowest BCUT2D eigenvalue weighted by molar-refractivity contribution is -0.122. The molecule has 0 aromatic carbocycles. The van der Waals surface area contributed by atoms with Gasteiger partial charge in [0.25, 0.3) is 0 Å². The van der Waals surface area contributed by atoms with Crippen LogP contribution in [0.3, 0.4) is 0 Å². The van der Waals surface area contributed by atoms with Crippen LogP contribution in [0.4, 0.5) is 4.79 Å². The van der Waals surface area contributed by atoms with Crippen LogP contribution >= 0.6 is 11.3 Å². The molecule has 1 aliphatic rings. The van der Waals surface area contributed by atoms with Crippen LogP contribution in [-0.2, 0) is 11.3 Å². The van der Waals surface area contributed by atoms with E-state index in [-0.39, 0.29) is 30.1 Å². The molecule has 1 heterocycles. The summed E-state index contributed by atoms with van der Waals surface area (Å²) < 4.78 is 0. The predicted octanol–water partition coefficient (Wildman–Crippen LogP) is 0.167. The second kappa shape index (κ2) is 7.02.